The average molecular weight is 273 g/mol. The van der Waals surface area contributed by atoms with Gasteiger partial charge >= 0.3 is 0 Å². The number of benzene rings is 1. The van der Waals surface area contributed by atoms with Crippen molar-refractivity contribution in [2.75, 3.05) is 6.61 Å². The van der Waals surface area contributed by atoms with E-state index in [9.17, 15) is 0 Å². The van der Waals surface area contributed by atoms with E-state index >= 15 is 0 Å². The monoisotopic (exact) mass is 273 g/mol. The Labute approximate surface area is 118 Å². The molecule has 3 heteroatoms. The maximum atomic E-state index is 5.57. The average Bonchev–Trinajstić information content (AvgIpc) is 3.06. The molecule has 0 amide bonds. The van der Waals surface area contributed by atoms with Gasteiger partial charge in [-0.05, 0) is 35.9 Å². The van der Waals surface area contributed by atoms with Gasteiger partial charge in [-0.3, -0.25) is 0 Å². The number of hydrogen-bond donors (Lipinski definition) is 1. The van der Waals surface area contributed by atoms with Crippen molar-refractivity contribution in [3.05, 3.63) is 46.7 Å². The summed E-state index contributed by atoms with van der Waals surface area (Å²) in [6, 6.07) is 13.3. The Kier molecular flexibility index (Phi) is 3.97. The molecule has 2 unspecified atom stereocenters. The molecule has 1 aliphatic rings. The van der Waals surface area contributed by atoms with Crippen LogP contribution < -0.4 is 5.32 Å². The predicted octanol–water partition coefficient (Wildman–Crippen LogP) is 3.68. The molecule has 1 aliphatic heterocycles. The number of rotatable bonds is 4. The van der Waals surface area contributed by atoms with Crippen molar-refractivity contribution in [1.29, 1.82) is 0 Å². The Morgan fingerprint density at radius 1 is 1.26 bits per heavy atom. The van der Waals surface area contributed by atoms with E-state index in [0.717, 1.165) is 19.6 Å². The molecule has 19 heavy (non-hydrogen) atoms. The van der Waals surface area contributed by atoms with Gasteiger partial charge in [0.25, 0.3) is 0 Å². The van der Waals surface area contributed by atoms with Crippen LogP contribution in [0.5, 0.6) is 0 Å². The van der Waals surface area contributed by atoms with Gasteiger partial charge in [0.1, 0.15) is 0 Å². The van der Waals surface area contributed by atoms with Gasteiger partial charge in [0.15, 0.2) is 0 Å². The smallest absolute Gasteiger partial charge is 0.0700 e. The molecule has 0 saturated carbocycles. The molecule has 1 aromatic heterocycles. The molecule has 2 aromatic rings. The highest BCUT2D eigenvalue weighted by molar-refractivity contribution is 7.10. The SMILES string of the molecule is CC1OCCC1NCc1cc(-c2ccccc2)cs1. The molecule has 0 spiro atoms. The summed E-state index contributed by atoms with van der Waals surface area (Å²) in [5.74, 6) is 0. The van der Waals surface area contributed by atoms with E-state index in [2.05, 4.69) is 54.0 Å². The molecule has 0 aliphatic carbocycles. The van der Waals surface area contributed by atoms with E-state index < -0.39 is 0 Å². The predicted molar refractivity (Wildman–Crippen MR) is 80.4 cm³/mol. The molecule has 100 valence electrons. The van der Waals surface area contributed by atoms with Crippen molar-refractivity contribution in [3.8, 4) is 11.1 Å². The second-order valence-electron chi connectivity index (χ2n) is 5.02. The minimum absolute atomic E-state index is 0.341. The number of hydrogen-bond acceptors (Lipinski definition) is 3. The van der Waals surface area contributed by atoms with E-state index in [-0.39, 0.29) is 0 Å². The molecule has 2 nitrogen and oxygen atoms in total. The molecule has 3 rings (SSSR count). The molecular formula is C16H19NOS. The maximum Gasteiger partial charge on any atom is 0.0700 e. The third-order valence-corrected chi connectivity index (χ3v) is 4.61. The van der Waals surface area contributed by atoms with Crippen LogP contribution in [0.15, 0.2) is 41.8 Å². The van der Waals surface area contributed by atoms with Crippen LogP contribution in [-0.2, 0) is 11.3 Å². The van der Waals surface area contributed by atoms with Gasteiger partial charge < -0.3 is 10.1 Å². The fourth-order valence-corrected chi connectivity index (χ4v) is 3.33. The van der Waals surface area contributed by atoms with Crippen LogP contribution in [0, 0.1) is 0 Å². The second kappa shape index (κ2) is 5.87. The first kappa shape index (κ1) is 12.9. The zero-order valence-corrected chi connectivity index (χ0v) is 12.0. The number of ether oxygens (including phenoxy) is 1. The zero-order valence-electron chi connectivity index (χ0n) is 11.1. The van der Waals surface area contributed by atoms with Crippen molar-refractivity contribution in [3.63, 3.8) is 0 Å². The van der Waals surface area contributed by atoms with Crippen molar-refractivity contribution in [2.45, 2.75) is 32.0 Å². The van der Waals surface area contributed by atoms with Crippen LogP contribution in [0.25, 0.3) is 11.1 Å². The van der Waals surface area contributed by atoms with Crippen LogP contribution in [0.1, 0.15) is 18.2 Å². The summed E-state index contributed by atoms with van der Waals surface area (Å²) in [7, 11) is 0. The minimum atomic E-state index is 0.341. The highest BCUT2D eigenvalue weighted by atomic mass is 32.1. The lowest BCUT2D eigenvalue weighted by Crippen LogP contribution is -2.33. The Morgan fingerprint density at radius 3 is 2.84 bits per heavy atom. The lowest BCUT2D eigenvalue weighted by Gasteiger charge is -2.14. The van der Waals surface area contributed by atoms with Crippen LogP contribution in [-0.4, -0.2) is 18.8 Å². The summed E-state index contributed by atoms with van der Waals surface area (Å²) in [6.07, 6.45) is 1.46. The first-order chi connectivity index (χ1) is 9.33. The van der Waals surface area contributed by atoms with Gasteiger partial charge in [0.05, 0.1) is 6.10 Å². The largest absolute Gasteiger partial charge is 0.377 e. The van der Waals surface area contributed by atoms with E-state index in [1.165, 1.54) is 16.0 Å². The molecule has 0 radical (unpaired) electrons. The molecule has 2 heterocycles. The topological polar surface area (TPSA) is 21.3 Å². The van der Waals surface area contributed by atoms with E-state index in [1.807, 2.05) is 11.3 Å². The lowest BCUT2D eigenvalue weighted by molar-refractivity contribution is 0.113. The Morgan fingerprint density at radius 2 is 2.11 bits per heavy atom. The van der Waals surface area contributed by atoms with Crippen LogP contribution in [0.4, 0.5) is 0 Å². The van der Waals surface area contributed by atoms with Crippen molar-refractivity contribution in [2.24, 2.45) is 0 Å². The molecule has 2 atom stereocenters. The van der Waals surface area contributed by atoms with E-state index in [4.69, 9.17) is 4.74 Å². The molecule has 1 N–H and O–H groups in total. The third-order valence-electron chi connectivity index (χ3n) is 3.68. The minimum Gasteiger partial charge on any atom is -0.377 e. The van der Waals surface area contributed by atoms with Gasteiger partial charge in [-0.1, -0.05) is 30.3 Å². The van der Waals surface area contributed by atoms with E-state index in [0.29, 0.717) is 12.1 Å². The summed E-state index contributed by atoms with van der Waals surface area (Å²) in [6.45, 7) is 3.98. The highest BCUT2D eigenvalue weighted by Crippen LogP contribution is 2.25. The number of thiophene rings is 1. The first-order valence-corrected chi connectivity index (χ1v) is 7.69. The normalized spacial score (nSPS) is 22.8. The van der Waals surface area contributed by atoms with Crippen molar-refractivity contribution >= 4 is 11.3 Å². The third kappa shape index (κ3) is 3.06. The standard InChI is InChI=1S/C16H19NOS/c1-12-16(7-8-18-12)17-10-15-9-14(11-19-15)13-5-3-2-4-6-13/h2-6,9,11-12,16-17H,7-8,10H2,1H3. The fourth-order valence-electron chi connectivity index (χ4n) is 2.49. The highest BCUT2D eigenvalue weighted by Gasteiger charge is 2.23. The van der Waals surface area contributed by atoms with Gasteiger partial charge in [0.2, 0.25) is 0 Å². The second-order valence-corrected chi connectivity index (χ2v) is 6.02. The summed E-state index contributed by atoms with van der Waals surface area (Å²) in [5.41, 5.74) is 2.61. The van der Waals surface area contributed by atoms with E-state index in [1.54, 1.807) is 0 Å². The van der Waals surface area contributed by atoms with Gasteiger partial charge in [0, 0.05) is 24.1 Å². The summed E-state index contributed by atoms with van der Waals surface area (Å²) >= 11 is 1.83. The Balaban J connectivity index is 1.62. The Bertz CT molecular complexity index is 523. The zero-order chi connectivity index (χ0) is 13.1. The first-order valence-electron chi connectivity index (χ1n) is 6.81. The van der Waals surface area contributed by atoms with Crippen LogP contribution in [0.3, 0.4) is 0 Å². The molecule has 1 fully saturated rings. The Hall–Kier alpha value is -1.16. The molecule has 0 bridgehead atoms. The van der Waals surface area contributed by atoms with Gasteiger partial charge in [-0.15, -0.1) is 11.3 Å². The van der Waals surface area contributed by atoms with Crippen LogP contribution >= 0.6 is 11.3 Å². The van der Waals surface area contributed by atoms with Crippen molar-refractivity contribution in [1.82, 2.24) is 5.32 Å². The maximum absolute atomic E-state index is 5.57. The molecule has 1 aromatic carbocycles. The molecule has 1 saturated heterocycles. The van der Waals surface area contributed by atoms with Crippen LogP contribution in [0.2, 0.25) is 0 Å². The molecular weight excluding hydrogens is 254 g/mol. The summed E-state index contributed by atoms with van der Waals surface area (Å²) in [4.78, 5) is 1.39. The van der Waals surface area contributed by atoms with Gasteiger partial charge in [-0.25, -0.2) is 0 Å². The lowest BCUT2D eigenvalue weighted by atomic mass is 10.1. The van der Waals surface area contributed by atoms with Gasteiger partial charge in [-0.2, -0.15) is 0 Å². The van der Waals surface area contributed by atoms with Crippen molar-refractivity contribution < 1.29 is 4.74 Å². The summed E-state index contributed by atoms with van der Waals surface area (Å²) in [5, 5.41) is 5.83. The number of nitrogens with one attached hydrogen (secondary N) is 1. The quantitative estimate of drug-likeness (QED) is 0.917. The summed E-state index contributed by atoms with van der Waals surface area (Å²) < 4.78 is 5.57. The fraction of sp³-hybridized carbons (Fsp3) is 0.375.